The minimum absolute atomic E-state index is 0.0981. The number of hydrogen-bond donors (Lipinski definition) is 1. The topological polar surface area (TPSA) is 28.7 Å². The summed E-state index contributed by atoms with van der Waals surface area (Å²) in [6.45, 7) is 2.90. The predicted octanol–water partition coefficient (Wildman–Crippen LogP) is 3.37. The minimum Gasteiger partial charge on any atom is -0.266 e. The third-order valence-corrected chi connectivity index (χ3v) is 1.94. The number of alkyl halides is 3. The summed E-state index contributed by atoms with van der Waals surface area (Å²) >= 11 is 10.0. The highest BCUT2D eigenvalue weighted by atomic mass is 35.5. The van der Waals surface area contributed by atoms with Crippen LogP contribution in [0.5, 0.6) is 0 Å². The summed E-state index contributed by atoms with van der Waals surface area (Å²) in [4.78, 5) is 0. The standard InChI is InChI=1S/C7H4ClF3N2S/c1-3(7(9,10)11)4-2-5(8)12-13-6(4)14/h2H,1H2,(H,13,14). The number of H-pyrrole nitrogens is 1. The van der Waals surface area contributed by atoms with Crippen LogP contribution in [0.4, 0.5) is 13.2 Å². The second kappa shape index (κ2) is 3.70. The van der Waals surface area contributed by atoms with E-state index in [0.29, 0.717) is 0 Å². The molecule has 0 atom stereocenters. The zero-order chi connectivity index (χ0) is 10.9. The molecule has 0 radical (unpaired) electrons. The number of nitrogens with one attached hydrogen (secondary N) is 1. The first-order chi connectivity index (χ1) is 6.32. The van der Waals surface area contributed by atoms with E-state index in [9.17, 15) is 13.2 Å². The molecule has 0 fully saturated rings. The lowest BCUT2D eigenvalue weighted by Gasteiger charge is -2.09. The van der Waals surface area contributed by atoms with E-state index in [4.69, 9.17) is 11.6 Å². The van der Waals surface area contributed by atoms with Crippen LogP contribution in [-0.4, -0.2) is 16.4 Å². The highest BCUT2D eigenvalue weighted by Gasteiger charge is 2.33. The Hall–Kier alpha value is -0.880. The van der Waals surface area contributed by atoms with Crippen LogP contribution in [-0.2, 0) is 0 Å². The summed E-state index contributed by atoms with van der Waals surface area (Å²) in [5, 5.41) is 5.53. The van der Waals surface area contributed by atoms with Gasteiger partial charge in [-0.05, 0) is 6.07 Å². The Bertz CT molecular complexity index is 424. The second-order valence-electron chi connectivity index (χ2n) is 2.41. The molecule has 0 aromatic carbocycles. The molecule has 14 heavy (non-hydrogen) atoms. The van der Waals surface area contributed by atoms with Gasteiger partial charge in [-0.3, -0.25) is 5.10 Å². The number of nitrogens with zero attached hydrogens (tertiary/aromatic N) is 1. The van der Waals surface area contributed by atoms with Gasteiger partial charge in [-0.1, -0.05) is 30.4 Å². The molecule has 1 N–H and O–H groups in total. The van der Waals surface area contributed by atoms with Crippen LogP contribution >= 0.6 is 23.8 Å². The lowest BCUT2D eigenvalue weighted by molar-refractivity contribution is -0.0687. The molecule has 0 aliphatic heterocycles. The summed E-state index contributed by atoms with van der Waals surface area (Å²) in [6.07, 6.45) is -4.52. The Morgan fingerprint density at radius 3 is 2.64 bits per heavy atom. The summed E-state index contributed by atoms with van der Waals surface area (Å²) < 4.78 is 36.5. The van der Waals surface area contributed by atoms with Gasteiger partial charge in [0.2, 0.25) is 0 Å². The van der Waals surface area contributed by atoms with Gasteiger partial charge in [0.15, 0.2) is 0 Å². The first-order valence-electron chi connectivity index (χ1n) is 3.34. The van der Waals surface area contributed by atoms with E-state index in [1.165, 1.54) is 0 Å². The fraction of sp³-hybridized carbons (Fsp3) is 0.143. The number of halogens is 4. The second-order valence-corrected chi connectivity index (χ2v) is 3.21. The van der Waals surface area contributed by atoms with Crippen molar-refractivity contribution >= 4 is 29.4 Å². The molecule has 1 aromatic rings. The minimum atomic E-state index is -4.52. The van der Waals surface area contributed by atoms with Gasteiger partial charge in [0.1, 0.15) is 9.79 Å². The molecule has 0 saturated carbocycles. The van der Waals surface area contributed by atoms with Crippen LogP contribution in [0.2, 0.25) is 5.15 Å². The van der Waals surface area contributed by atoms with E-state index in [1.807, 2.05) is 0 Å². The molecular weight excluding hydrogens is 237 g/mol. The van der Waals surface area contributed by atoms with Gasteiger partial charge >= 0.3 is 6.18 Å². The number of aromatic amines is 1. The highest BCUT2D eigenvalue weighted by Crippen LogP contribution is 2.32. The van der Waals surface area contributed by atoms with E-state index in [0.717, 1.165) is 6.07 Å². The summed E-state index contributed by atoms with van der Waals surface area (Å²) in [5.41, 5.74) is -1.30. The Labute approximate surface area is 87.4 Å². The molecule has 0 saturated heterocycles. The zero-order valence-corrected chi connectivity index (χ0v) is 8.22. The summed E-state index contributed by atoms with van der Waals surface area (Å²) in [5.74, 6) is 0. The van der Waals surface area contributed by atoms with Gasteiger partial charge in [0.25, 0.3) is 0 Å². The molecule has 0 aliphatic rings. The third kappa shape index (κ3) is 2.33. The first kappa shape index (κ1) is 11.2. The Morgan fingerprint density at radius 2 is 2.14 bits per heavy atom. The van der Waals surface area contributed by atoms with Crippen LogP contribution < -0.4 is 0 Å². The average molecular weight is 241 g/mol. The van der Waals surface area contributed by atoms with Crippen LogP contribution in [0.1, 0.15) is 5.56 Å². The average Bonchev–Trinajstić information content (AvgIpc) is 2.06. The van der Waals surface area contributed by atoms with E-state index >= 15 is 0 Å². The van der Waals surface area contributed by atoms with E-state index in [-0.39, 0.29) is 15.4 Å². The van der Waals surface area contributed by atoms with Crippen LogP contribution in [0.3, 0.4) is 0 Å². The Kier molecular flexibility index (Phi) is 2.96. The van der Waals surface area contributed by atoms with Crippen LogP contribution in [0.15, 0.2) is 12.6 Å². The van der Waals surface area contributed by atoms with Gasteiger partial charge in [0.05, 0.1) is 5.57 Å². The van der Waals surface area contributed by atoms with Gasteiger partial charge in [-0.2, -0.15) is 18.3 Å². The van der Waals surface area contributed by atoms with Gasteiger partial charge in [0, 0.05) is 5.56 Å². The van der Waals surface area contributed by atoms with Crippen molar-refractivity contribution in [1.82, 2.24) is 10.2 Å². The molecule has 76 valence electrons. The molecule has 7 heteroatoms. The SMILES string of the molecule is C=C(c1cc(Cl)n[nH]c1=S)C(F)(F)F. The molecule has 1 heterocycles. The molecule has 1 rings (SSSR count). The zero-order valence-electron chi connectivity index (χ0n) is 6.65. The van der Waals surface area contributed by atoms with Gasteiger partial charge in [-0.15, -0.1) is 0 Å². The van der Waals surface area contributed by atoms with E-state index in [1.54, 1.807) is 0 Å². The molecule has 0 spiro atoms. The lowest BCUT2D eigenvalue weighted by Crippen LogP contribution is -2.10. The van der Waals surface area contributed by atoms with Crippen molar-refractivity contribution in [2.45, 2.75) is 6.18 Å². The molecule has 2 nitrogen and oxygen atoms in total. The van der Waals surface area contributed by atoms with Crippen molar-refractivity contribution in [3.05, 3.63) is 28.0 Å². The lowest BCUT2D eigenvalue weighted by atomic mass is 10.1. The molecule has 1 aromatic heterocycles. The van der Waals surface area contributed by atoms with Crippen molar-refractivity contribution in [3.63, 3.8) is 0 Å². The largest absolute Gasteiger partial charge is 0.416 e. The molecule has 0 unspecified atom stereocenters. The van der Waals surface area contributed by atoms with E-state index < -0.39 is 11.7 Å². The van der Waals surface area contributed by atoms with Crippen LogP contribution in [0.25, 0.3) is 5.57 Å². The maximum Gasteiger partial charge on any atom is 0.416 e. The van der Waals surface area contributed by atoms with E-state index in [2.05, 4.69) is 29.0 Å². The van der Waals surface area contributed by atoms with Gasteiger partial charge < -0.3 is 0 Å². The van der Waals surface area contributed by atoms with Crippen molar-refractivity contribution < 1.29 is 13.2 Å². The van der Waals surface area contributed by atoms with Crippen molar-refractivity contribution in [2.24, 2.45) is 0 Å². The molecular formula is C7H4ClF3N2S. The number of rotatable bonds is 1. The fourth-order valence-electron chi connectivity index (χ4n) is 0.758. The molecule has 0 aliphatic carbocycles. The van der Waals surface area contributed by atoms with Crippen molar-refractivity contribution in [1.29, 1.82) is 0 Å². The fourth-order valence-corrected chi connectivity index (χ4v) is 1.14. The monoisotopic (exact) mass is 240 g/mol. The number of hydrogen-bond acceptors (Lipinski definition) is 2. The summed E-state index contributed by atoms with van der Waals surface area (Å²) in [6, 6.07) is 1.02. The van der Waals surface area contributed by atoms with Gasteiger partial charge in [-0.25, -0.2) is 0 Å². The van der Waals surface area contributed by atoms with Crippen LogP contribution in [0, 0.1) is 4.64 Å². The quantitative estimate of drug-likeness (QED) is 0.763. The number of aromatic nitrogens is 2. The normalized spacial score (nSPS) is 11.4. The van der Waals surface area contributed by atoms with Crippen molar-refractivity contribution in [2.75, 3.05) is 0 Å². The summed E-state index contributed by atoms with van der Waals surface area (Å²) in [7, 11) is 0. The predicted molar refractivity (Wildman–Crippen MR) is 49.5 cm³/mol. The number of allylic oxidation sites excluding steroid dienone is 1. The third-order valence-electron chi connectivity index (χ3n) is 1.44. The smallest absolute Gasteiger partial charge is 0.266 e. The van der Waals surface area contributed by atoms with Crippen molar-refractivity contribution in [3.8, 4) is 0 Å². The molecule has 0 bridgehead atoms. The highest BCUT2D eigenvalue weighted by molar-refractivity contribution is 7.71. The first-order valence-corrected chi connectivity index (χ1v) is 4.12. The maximum atomic E-state index is 12.2. The molecule has 0 amide bonds. The Morgan fingerprint density at radius 1 is 1.57 bits per heavy atom. The maximum absolute atomic E-state index is 12.2. The Balaban J connectivity index is 3.27.